The Hall–Kier alpha value is -1.97. The minimum Gasteiger partial charge on any atom is -0.497 e. The van der Waals surface area contributed by atoms with Crippen LogP contribution in [0.3, 0.4) is 0 Å². The van der Waals surface area contributed by atoms with Gasteiger partial charge in [0.25, 0.3) is 0 Å². The third-order valence-corrected chi connectivity index (χ3v) is 5.22. The molecule has 0 saturated heterocycles. The zero-order chi connectivity index (χ0) is 15.1. The summed E-state index contributed by atoms with van der Waals surface area (Å²) in [5, 5.41) is 6.95. The van der Waals surface area contributed by atoms with Gasteiger partial charge in [-0.3, -0.25) is 4.79 Å². The predicted octanol–water partition coefficient (Wildman–Crippen LogP) is 2.38. The molecule has 2 atom stereocenters. The van der Waals surface area contributed by atoms with Crippen molar-refractivity contribution in [1.29, 1.82) is 0 Å². The fourth-order valence-corrected chi connectivity index (χ4v) is 3.99. The van der Waals surface area contributed by atoms with Crippen molar-refractivity contribution in [3.8, 4) is 5.75 Å². The Balaban J connectivity index is 1.78. The van der Waals surface area contributed by atoms with Gasteiger partial charge < -0.3 is 15.4 Å². The second kappa shape index (κ2) is 5.34. The molecule has 4 heteroatoms. The van der Waals surface area contributed by atoms with E-state index in [1.165, 1.54) is 18.4 Å². The van der Waals surface area contributed by atoms with Gasteiger partial charge in [0, 0.05) is 23.2 Å². The van der Waals surface area contributed by atoms with E-state index in [-0.39, 0.29) is 11.9 Å². The molecule has 1 fully saturated rings. The summed E-state index contributed by atoms with van der Waals surface area (Å²) >= 11 is 0. The Labute approximate surface area is 130 Å². The summed E-state index contributed by atoms with van der Waals surface area (Å²) in [5.74, 6) is 0.963. The van der Waals surface area contributed by atoms with Crippen molar-refractivity contribution in [3.63, 3.8) is 0 Å². The number of aryl methyl sites for hydroxylation is 1. The number of carbonyl (C=O) groups is 1. The zero-order valence-corrected chi connectivity index (χ0v) is 12.9. The highest BCUT2D eigenvalue weighted by Gasteiger charge is 2.34. The summed E-state index contributed by atoms with van der Waals surface area (Å²) < 4.78 is 5.37. The van der Waals surface area contributed by atoms with Crippen molar-refractivity contribution >= 4 is 11.6 Å². The number of amides is 1. The first-order chi connectivity index (χ1) is 10.8. The van der Waals surface area contributed by atoms with Gasteiger partial charge in [-0.25, -0.2) is 0 Å². The van der Waals surface area contributed by atoms with E-state index >= 15 is 0 Å². The summed E-state index contributed by atoms with van der Waals surface area (Å²) in [4.78, 5) is 12.6. The Morgan fingerprint density at radius 2 is 1.86 bits per heavy atom. The molecule has 1 aliphatic heterocycles. The predicted molar refractivity (Wildman–Crippen MR) is 85.6 cm³/mol. The van der Waals surface area contributed by atoms with Crippen LogP contribution in [0.2, 0.25) is 0 Å². The molecule has 0 spiro atoms. The SMILES string of the molecule is COc1ccc2c(c1)C1=C(CC2)C(=O)N[C@@H]2CCCC[C@@H]2N1. The highest BCUT2D eigenvalue weighted by Crippen LogP contribution is 2.35. The number of ether oxygens (including phenoxy) is 1. The monoisotopic (exact) mass is 298 g/mol. The lowest BCUT2D eigenvalue weighted by Gasteiger charge is -2.32. The van der Waals surface area contributed by atoms with Crippen LogP contribution in [0.15, 0.2) is 23.8 Å². The quantitative estimate of drug-likeness (QED) is 0.837. The molecule has 4 nitrogen and oxygen atoms in total. The van der Waals surface area contributed by atoms with E-state index in [2.05, 4.69) is 22.8 Å². The summed E-state index contributed by atoms with van der Waals surface area (Å²) in [5.41, 5.74) is 4.39. The van der Waals surface area contributed by atoms with Crippen LogP contribution in [-0.2, 0) is 11.2 Å². The van der Waals surface area contributed by atoms with Crippen molar-refractivity contribution in [2.45, 2.75) is 50.6 Å². The smallest absolute Gasteiger partial charge is 0.249 e. The fraction of sp³-hybridized carbons (Fsp3) is 0.500. The molecule has 0 radical (unpaired) electrons. The molecule has 0 unspecified atom stereocenters. The second-order valence-electron chi connectivity index (χ2n) is 6.49. The average molecular weight is 298 g/mol. The maximum absolute atomic E-state index is 12.6. The van der Waals surface area contributed by atoms with Crippen molar-refractivity contribution in [1.82, 2.24) is 10.6 Å². The van der Waals surface area contributed by atoms with Crippen LogP contribution in [0.4, 0.5) is 0 Å². The maximum atomic E-state index is 12.6. The van der Waals surface area contributed by atoms with E-state index in [1.54, 1.807) is 7.11 Å². The standard InChI is InChI=1S/C18H22N2O2/c1-22-12-8-6-11-7-9-13-17(14(11)10-12)19-15-4-2-3-5-16(15)20-18(13)21/h6,8,10,15-16,19H,2-5,7,9H2,1H3,(H,20,21)/t15-,16+/m0/s1. The number of nitrogens with one attached hydrogen (secondary N) is 2. The number of hydrogen-bond acceptors (Lipinski definition) is 3. The maximum Gasteiger partial charge on any atom is 0.249 e. The van der Waals surface area contributed by atoms with Crippen LogP contribution in [0.1, 0.15) is 43.2 Å². The van der Waals surface area contributed by atoms with Crippen LogP contribution in [0.5, 0.6) is 5.75 Å². The molecule has 2 aliphatic carbocycles. The van der Waals surface area contributed by atoms with Gasteiger partial charge in [-0.2, -0.15) is 0 Å². The lowest BCUT2D eigenvalue weighted by Crippen LogP contribution is -2.48. The zero-order valence-electron chi connectivity index (χ0n) is 12.9. The van der Waals surface area contributed by atoms with Crippen molar-refractivity contribution in [2.24, 2.45) is 0 Å². The summed E-state index contributed by atoms with van der Waals surface area (Å²) in [6.07, 6.45) is 6.38. The van der Waals surface area contributed by atoms with Crippen LogP contribution in [0, 0.1) is 0 Å². The number of fused-ring (bicyclic) bond motifs is 3. The van der Waals surface area contributed by atoms with Gasteiger partial charge in [-0.05, 0) is 43.4 Å². The first-order valence-electron chi connectivity index (χ1n) is 8.24. The van der Waals surface area contributed by atoms with Crippen LogP contribution < -0.4 is 15.4 Å². The number of methoxy groups -OCH3 is 1. The van der Waals surface area contributed by atoms with Gasteiger partial charge in [0.15, 0.2) is 0 Å². The highest BCUT2D eigenvalue weighted by molar-refractivity contribution is 6.02. The van der Waals surface area contributed by atoms with Crippen LogP contribution >= 0.6 is 0 Å². The second-order valence-corrected chi connectivity index (χ2v) is 6.49. The first-order valence-corrected chi connectivity index (χ1v) is 8.24. The molecule has 1 amide bonds. The van der Waals surface area contributed by atoms with Gasteiger partial charge >= 0.3 is 0 Å². The molecule has 1 aromatic rings. The lowest BCUT2D eigenvalue weighted by molar-refractivity contribution is -0.118. The minimum atomic E-state index is 0.116. The normalized spacial score (nSPS) is 26.9. The summed E-state index contributed by atoms with van der Waals surface area (Å²) in [6.45, 7) is 0. The van der Waals surface area contributed by atoms with E-state index in [9.17, 15) is 4.79 Å². The number of rotatable bonds is 1. The Morgan fingerprint density at radius 1 is 1.09 bits per heavy atom. The Kier molecular flexibility index (Phi) is 3.32. The largest absolute Gasteiger partial charge is 0.497 e. The fourth-order valence-electron chi connectivity index (χ4n) is 3.99. The highest BCUT2D eigenvalue weighted by atomic mass is 16.5. The molecule has 2 N–H and O–H groups in total. The van der Waals surface area contributed by atoms with E-state index in [1.807, 2.05) is 6.07 Å². The van der Waals surface area contributed by atoms with Crippen LogP contribution in [-0.4, -0.2) is 25.1 Å². The Bertz CT molecular complexity index is 650. The minimum absolute atomic E-state index is 0.116. The summed E-state index contributed by atoms with van der Waals surface area (Å²) in [7, 11) is 1.68. The molecule has 4 rings (SSSR count). The molecule has 0 aromatic heterocycles. The molecule has 1 heterocycles. The van der Waals surface area contributed by atoms with E-state index in [0.717, 1.165) is 48.3 Å². The van der Waals surface area contributed by atoms with Gasteiger partial charge in [0.1, 0.15) is 5.75 Å². The van der Waals surface area contributed by atoms with E-state index in [4.69, 9.17) is 4.74 Å². The van der Waals surface area contributed by atoms with Gasteiger partial charge in [-0.1, -0.05) is 18.9 Å². The third-order valence-electron chi connectivity index (χ3n) is 5.22. The van der Waals surface area contributed by atoms with E-state index in [0.29, 0.717) is 6.04 Å². The molecule has 1 saturated carbocycles. The summed E-state index contributed by atoms with van der Waals surface area (Å²) in [6, 6.07) is 6.81. The third kappa shape index (κ3) is 2.18. The Morgan fingerprint density at radius 3 is 2.64 bits per heavy atom. The van der Waals surface area contributed by atoms with Crippen LogP contribution in [0.25, 0.3) is 5.70 Å². The number of hydrogen-bond donors (Lipinski definition) is 2. The molecule has 0 bridgehead atoms. The number of benzene rings is 1. The molecule has 22 heavy (non-hydrogen) atoms. The topological polar surface area (TPSA) is 50.4 Å². The van der Waals surface area contributed by atoms with Gasteiger partial charge in [0.2, 0.25) is 5.91 Å². The molecular weight excluding hydrogens is 276 g/mol. The lowest BCUT2D eigenvalue weighted by atomic mass is 9.88. The van der Waals surface area contributed by atoms with Gasteiger partial charge in [-0.15, -0.1) is 0 Å². The number of carbonyl (C=O) groups excluding carboxylic acids is 1. The van der Waals surface area contributed by atoms with Crippen molar-refractivity contribution < 1.29 is 9.53 Å². The molecule has 1 aromatic carbocycles. The van der Waals surface area contributed by atoms with Crippen molar-refractivity contribution in [3.05, 3.63) is 34.9 Å². The molecule has 116 valence electrons. The van der Waals surface area contributed by atoms with Gasteiger partial charge in [0.05, 0.1) is 12.8 Å². The van der Waals surface area contributed by atoms with E-state index < -0.39 is 0 Å². The molecular formula is C18H22N2O2. The molecule has 3 aliphatic rings. The first kappa shape index (κ1) is 13.7. The average Bonchev–Trinajstić information content (AvgIpc) is 2.70. The van der Waals surface area contributed by atoms with Crippen molar-refractivity contribution in [2.75, 3.05) is 7.11 Å².